The number of nitrogens with zero attached hydrogens (tertiary/aromatic N) is 5. The minimum atomic E-state index is -0.558. The molecule has 32 heavy (non-hydrogen) atoms. The molecule has 0 aromatic carbocycles. The van der Waals surface area contributed by atoms with Crippen molar-refractivity contribution in [2.75, 3.05) is 5.32 Å². The highest BCUT2D eigenvalue weighted by molar-refractivity contribution is 8.06. The minimum Gasteiger partial charge on any atom is -0.394 e. The summed E-state index contributed by atoms with van der Waals surface area (Å²) in [5, 5.41) is 9.15. The standard InChI is InChI=1S/C23H28FN7S/c1-5-7-8-9-12-31-23-18(14-27-31)22(28-15(3)16(4)32-20(25)6-2)29-21(30-23)17-10-11-19(24)26-13-17/h6,10-11,13-14H,3-5,7-9,12,25H2,1-2H3,(H,28,29,30)/b20-6-. The van der Waals surface area contributed by atoms with Crippen LogP contribution in [0.5, 0.6) is 0 Å². The molecule has 0 aliphatic rings. The van der Waals surface area contributed by atoms with Crippen molar-refractivity contribution in [1.82, 2.24) is 24.7 Å². The number of anilines is 1. The molecule has 0 aliphatic heterocycles. The van der Waals surface area contributed by atoms with Crippen LogP contribution in [-0.2, 0) is 6.54 Å². The molecule has 0 saturated carbocycles. The van der Waals surface area contributed by atoms with Crippen LogP contribution in [-0.4, -0.2) is 24.7 Å². The van der Waals surface area contributed by atoms with Gasteiger partial charge in [-0.05, 0) is 25.5 Å². The van der Waals surface area contributed by atoms with E-state index < -0.39 is 5.95 Å². The molecular weight excluding hydrogens is 425 g/mol. The van der Waals surface area contributed by atoms with E-state index in [1.807, 2.05) is 11.6 Å². The predicted molar refractivity (Wildman–Crippen MR) is 130 cm³/mol. The van der Waals surface area contributed by atoms with Crippen molar-refractivity contribution in [1.29, 1.82) is 0 Å². The van der Waals surface area contributed by atoms with E-state index in [-0.39, 0.29) is 0 Å². The molecular formula is C23H28FN7S. The van der Waals surface area contributed by atoms with Crippen molar-refractivity contribution in [2.24, 2.45) is 5.73 Å². The van der Waals surface area contributed by atoms with Crippen LogP contribution in [0.3, 0.4) is 0 Å². The first-order chi connectivity index (χ1) is 15.4. The predicted octanol–water partition coefficient (Wildman–Crippen LogP) is 5.60. The van der Waals surface area contributed by atoms with Crippen molar-refractivity contribution in [2.45, 2.75) is 46.1 Å². The van der Waals surface area contributed by atoms with Crippen molar-refractivity contribution in [3.63, 3.8) is 0 Å². The Morgan fingerprint density at radius 2 is 2.03 bits per heavy atom. The second kappa shape index (κ2) is 10.9. The van der Waals surface area contributed by atoms with Gasteiger partial charge in [-0.3, -0.25) is 0 Å². The molecule has 3 heterocycles. The van der Waals surface area contributed by atoms with Crippen molar-refractivity contribution < 1.29 is 4.39 Å². The van der Waals surface area contributed by atoms with Crippen LogP contribution in [0.15, 0.2) is 59.4 Å². The Balaban J connectivity index is 1.97. The van der Waals surface area contributed by atoms with E-state index in [0.29, 0.717) is 38.5 Å². The maximum absolute atomic E-state index is 13.3. The van der Waals surface area contributed by atoms with E-state index in [0.717, 1.165) is 24.8 Å². The van der Waals surface area contributed by atoms with Gasteiger partial charge in [-0.15, -0.1) is 0 Å². The fraction of sp³-hybridized carbons (Fsp3) is 0.304. The topological polar surface area (TPSA) is 94.5 Å². The smallest absolute Gasteiger partial charge is 0.212 e. The molecule has 0 saturated heterocycles. The SMILES string of the molecule is C=C(Nc1nc(-c2ccc(F)nc2)nc2c1cnn2CCCCCC)C(=C)S/C(N)=C\C. The average molecular weight is 454 g/mol. The fourth-order valence-electron chi connectivity index (χ4n) is 3.02. The van der Waals surface area contributed by atoms with Gasteiger partial charge in [0.2, 0.25) is 5.95 Å². The summed E-state index contributed by atoms with van der Waals surface area (Å²) >= 11 is 1.32. The average Bonchev–Trinajstić information content (AvgIpc) is 3.20. The lowest BCUT2D eigenvalue weighted by Crippen LogP contribution is -2.07. The third-order valence-corrected chi connectivity index (χ3v) is 5.80. The van der Waals surface area contributed by atoms with Gasteiger partial charge in [0.05, 0.1) is 16.6 Å². The Morgan fingerprint density at radius 1 is 1.22 bits per heavy atom. The number of unbranched alkanes of at least 4 members (excludes halogenated alkanes) is 3. The number of nitrogens with two attached hydrogens (primary N) is 1. The Morgan fingerprint density at radius 3 is 2.72 bits per heavy atom. The number of halogens is 1. The zero-order valence-electron chi connectivity index (χ0n) is 18.4. The highest BCUT2D eigenvalue weighted by Gasteiger charge is 2.16. The number of allylic oxidation sites excluding steroid dienone is 1. The number of aryl methyl sites for hydroxylation is 1. The number of rotatable bonds is 11. The quantitative estimate of drug-likeness (QED) is 0.222. The van der Waals surface area contributed by atoms with Crippen molar-refractivity contribution in [3.8, 4) is 11.4 Å². The summed E-state index contributed by atoms with van der Waals surface area (Å²) < 4.78 is 15.2. The first kappa shape index (κ1) is 23.5. The van der Waals surface area contributed by atoms with Gasteiger partial charge < -0.3 is 11.1 Å². The summed E-state index contributed by atoms with van der Waals surface area (Å²) in [5.41, 5.74) is 7.76. The number of fused-ring (bicyclic) bond motifs is 1. The second-order valence-corrected chi connectivity index (χ2v) is 8.42. The van der Waals surface area contributed by atoms with Crippen LogP contribution in [0.25, 0.3) is 22.4 Å². The van der Waals surface area contributed by atoms with Gasteiger partial charge in [0, 0.05) is 28.9 Å². The van der Waals surface area contributed by atoms with Crippen LogP contribution >= 0.6 is 11.8 Å². The van der Waals surface area contributed by atoms with Gasteiger partial charge in [-0.2, -0.15) is 9.49 Å². The molecule has 3 rings (SSSR count). The molecule has 3 aromatic heterocycles. The molecule has 0 unspecified atom stereocenters. The Bertz CT molecular complexity index is 1140. The molecule has 9 heteroatoms. The molecule has 3 N–H and O–H groups in total. The molecule has 0 fully saturated rings. The molecule has 0 spiro atoms. The summed E-state index contributed by atoms with van der Waals surface area (Å²) in [5.74, 6) is 0.402. The summed E-state index contributed by atoms with van der Waals surface area (Å²) in [4.78, 5) is 13.8. The first-order valence-corrected chi connectivity index (χ1v) is 11.3. The van der Waals surface area contributed by atoms with Crippen LogP contribution < -0.4 is 11.1 Å². The van der Waals surface area contributed by atoms with E-state index in [1.54, 1.807) is 18.3 Å². The normalized spacial score (nSPS) is 11.7. The lowest BCUT2D eigenvalue weighted by Gasteiger charge is -2.13. The molecule has 168 valence electrons. The second-order valence-electron chi connectivity index (χ2n) is 7.25. The van der Waals surface area contributed by atoms with Gasteiger partial charge in [0.15, 0.2) is 11.5 Å². The van der Waals surface area contributed by atoms with E-state index in [2.05, 4.69) is 40.5 Å². The molecule has 0 atom stereocenters. The van der Waals surface area contributed by atoms with Gasteiger partial charge in [0.1, 0.15) is 5.82 Å². The third-order valence-electron chi connectivity index (χ3n) is 4.84. The highest BCUT2D eigenvalue weighted by Crippen LogP contribution is 2.30. The number of hydrogen-bond acceptors (Lipinski definition) is 7. The Hall–Kier alpha value is -3.20. The van der Waals surface area contributed by atoms with Gasteiger partial charge in [0.25, 0.3) is 0 Å². The number of pyridine rings is 1. The van der Waals surface area contributed by atoms with Crippen LogP contribution in [0, 0.1) is 5.95 Å². The van der Waals surface area contributed by atoms with Gasteiger partial charge in [-0.25, -0.2) is 19.6 Å². The van der Waals surface area contributed by atoms with E-state index >= 15 is 0 Å². The van der Waals surface area contributed by atoms with Crippen LogP contribution in [0.2, 0.25) is 0 Å². The number of nitrogens with one attached hydrogen (secondary N) is 1. The molecule has 0 aliphatic carbocycles. The zero-order chi connectivity index (χ0) is 23.1. The third kappa shape index (κ3) is 5.73. The molecule has 0 bridgehead atoms. The van der Waals surface area contributed by atoms with Crippen LogP contribution in [0.4, 0.5) is 10.2 Å². The molecule has 0 amide bonds. The number of hydrogen-bond donors (Lipinski definition) is 2. The summed E-state index contributed by atoms with van der Waals surface area (Å²) in [6, 6.07) is 2.89. The van der Waals surface area contributed by atoms with Gasteiger partial charge >= 0.3 is 0 Å². The molecule has 0 radical (unpaired) electrons. The maximum Gasteiger partial charge on any atom is 0.212 e. The van der Waals surface area contributed by atoms with Gasteiger partial charge in [-0.1, -0.05) is 57.2 Å². The fourth-order valence-corrected chi connectivity index (χ4v) is 3.59. The maximum atomic E-state index is 13.3. The number of thioether (sulfide) groups is 1. The van der Waals surface area contributed by atoms with E-state index in [1.165, 1.54) is 36.9 Å². The lowest BCUT2D eigenvalue weighted by atomic mass is 10.2. The summed E-state index contributed by atoms with van der Waals surface area (Å²) in [6.45, 7) is 12.9. The highest BCUT2D eigenvalue weighted by atomic mass is 32.2. The summed E-state index contributed by atoms with van der Waals surface area (Å²) in [7, 11) is 0. The van der Waals surface area contributed by atoms with Crippen molar-refractivity contribution in [3.05, 3.63) is 65.3 Å². The van der Waals surface area contributed by atoms with E-state index in [9.17, 15) is 4.39 Å². The lowest BCUT2D eigenvalue weighted by molar-refractivity contribution is 0.551. The monoisotopic (exact) mass is 453 g/mol. The van der Waals surface area contributed by atoms with E-state index in [4.69, 9.17) is 10.7 Å². The van der Waals surface area contributed by atoms with Crippen LogP contribution in [0.1, 0.15) is 39.5 Å². The molecule has 3 aromatic rings. The summed E-state index contributed by atoms with van der Waals surface area (Å²) in [6.07, 6.45) is 9.44. The number of aromatic nitrogens is 5. The zero-order valence-corrected chi connectivity index (χ0v) is 19.3. The minimum absolute atomic E-state index is 0.418. The molecule has 7 nitrogen and oxygen atoms in total. The van der Waals surface area contributed by atoms with Crippen molar-refractivity contribution >= 4 is 28.6 Å². The first-order valence-electron chi connectivity index (χ1n) is 10.5. The largest absolute Gasteiger partial charge is 0.394 e. The Kier molecular flexibility index (Phi) is 7.99. The Labute approximate surface area is 191 Å².